The van der Waals surface area contributed by atoms with Crippen molar-refractivity contribution in [2.24, 2.45) is 0 Å². The van der Waals surface area contributed by atoms with E-state index in [4.69, 9.17) is 4.74 Å². The van der Waals surface area contributed by atoms with Crippen LogP contribution in [0.15, 0.2) is 18.2 Å². The molecule has 0 bridgehead atoms. The van der Waals surface area contributed by atoms with Gasteiger partial charge in [0.15, 0.2) is 0 Å². The van der Waals surface area contributed by atoms with E-state index in [2.05, 4.69) is 0 Å². The Bertz CT molecular complexity index is 526. The maximum absolute atomic E-state index is 13.8. The Labute approximate surface area is 118 Å². The molecule has 0 aliphatic heterocycles. The summed E-state index contributed by atoms with van der Waals surface area (Å²) in [6.45, 7) is 6.82. The van der Waals surface area contributed by atoms with Crippen molar-refractivity contribution in [3.8, 4) is 0 Å². The van der Waals surface area contributed by atoms with E-state index < -0.39 is 23.2 Å². The number of halogens is 1. The largest absolute Gasteiger partial charge is 0.464 e. The highest BCUT2D eigenvalue weighted by Crippen LogP contribution is 2.20. The Kier molecular flexibility index (Phi) is 4.87. The number of esters is 1. The van der Waals surface area contributed by atoms with Crippen LogP contribution in [0, 0.1) is 12.7 Å². The molecule has 1 aromatic rings. The molecule has 110 valence electrons. The molecule has 0 fully saturated rings. The lowest BCUT2D eigenvalue weighted by Crippen LogP contribution is -2.51. The van der Waals surface area contributed by atoms with Crippen LogP contribution < -0.4 is 0 Å². The molecular weight excluding hydrogens is 261 g/mol. The lowest BCUT2D eigenvalue weighted by Gasteiger charge is -2.33. The van der Waals surface area contributed by atoms with Crippen LogP contribution in [0.2, 0.25) is 0 Å². The number of aryl methyl sites for hydroxylation is 1. The van der Waals surface area contributed by atoms with Gasteiger partial charge in [-0.05, 0) is 39.8 Å². The van der Waals surface area contributed by atoms with Crippen molar-refractivity contribution < 1.29 is 18.7 Å². The van der Waals surface area contributed by atoms with E-state index in [9.17, 15) is 14.0 Å². The predicted octanol–water partition coefficient (Wildman–Crippen LogP) is 2.55. The molecule has 0 aliphatic rings. The average molecular weight is 281 g/mol. The van der Waals surface area contributed by atoms with Gasteiger partial charge >= 0.3 is 5.97 Å². The molecule has 0 atom stereocenters. The topological polar surface area (TPSA) is 46.6 Å². The van der Waals surface area contributed by atoms with Crippen LogP contribution in [0.4, 0.5) is 4.39 Å². The number of hydrogen-bond donors (Lipinski definition) is 0. The lowest BCUT2D eigenvalue weighted by atomic mass is 10.0. The summed E-state index contributed by atoms with van der Waals surface area (Å²) < 4.78 is 18.7. The van der Waals surface area contributed by atoms with Gasteiger partial charge in [0, 0.05) is 7.05 Å². The minimum absolute atomic E-state index is 0.0510. The molecule has 1 amide bonds. The molecule has 4 nitrogen and oxygen atoms in total. The second kappa shape index (κ2) is 6.03. The first-order chi connectivity index (χ1) is 9.21. The van der Waals surface area contributed by atoms with E-state index in [0.717, 1.165) is 5.56 Å². The summed E-state index contributed by atoms with van der Waals surface area (Å²) in [6, 6.07) is 4.30. The Morgan fingerprint density at radius 3 is 2.50 bits per heavy atom. The number of nitrogens with zero attached hydrogens (tertiary/aromatic N) is 1. The molecule has 0 heterocycles. The fourth-order valence-electron chi connectivity index (χ4n) is 1.68. The van der Waals surface area contributed by atoms with Crippen LogP contribution in [0.1, 0.15) is 36.7 Å². The molecule has 0 unspecified atom stereocenters. The number of carbonyl (C=O) groups excluding carboxylic acids is 2. The number of ether oxygens (including phenoxy) is 1. The van der Waals surface area contributed by atoms with Crippen molar-refractivity contribution in [1.29, 1.82) is 0 Å². The minimum Gasteiger partial charge on any atom is -0.464 e. The number of likely N-dealkylation sites (N-methyl/N-ethyl adjacent to an activating group) is 1. The number of amides is 1. The van der Waals surface area contributed by atoms with Crippen molar-refractivity contribution >= 4 is 11.9 Å². The van der Waals surface area contributed by atoms with Gasteiger partial charge < -0.3 is 9.64 Å². The Morgan fingerprint density at radius 2 is 1.95 bits per heavy atom. The van der Waals surface area contributed by atoms with Crippen LogP contribution in [0.3, 0.4) is 0 Å². The van der Waals surface area contributed by atoms with Crippen molar-refractivity contribution in [3.05, 3.63) is 35.1 Å². The summed E-state index contributed by atoms with van der Waals surface area (Å²) in [4.78, 5) is 25.4. The summed E-state index contributed by atoms with van der Waals surface area (Å²) in [5.41, 5.74) is -0.439. The Hall–Kier alpha value is -1.91. The van der Waals surface area contributed by atoms with Gasteiger partial charge in [0.05, 0.1) is 12.2 Å². The fraction of sp³-hybridized carbons (Fsp3) is 0.467. The Morgan fingerprint density at radius 1 is 1.35 bits per heavy atom. The van der Waals surface area contributed by atoms with Gasteiger partial charge in [-0.2, -0.15) is 0 Å². The fourth-order valence-corrected chi connectivity index (χ4v) is 1.68. The van der Waals surface area contributed by atoms with E-state index in [1.807, 2.05) is 0 Å². The Balaban J connectivity index is 3.07. The summed E-state index contributed by atoms with van der Waals surface area (Å²) >= 11 is 0. The normalized spacial score (nSPS) is 11.1. The first-order valence-electron chi connectivity index (χ1n) is 6.43. The number of carbonyl (C=O) groups is 2. The highest BCUT2D eigenvalue weighted by Gasteiger charge is 2.37. The molecule has 0 spiro atoms. The van der Waals surface area contributed by atoms with Crippen LogP contribution in [0.25, 0.3) is 0 Å². The molecule has 0 N–H and O–H groups in total. The van der Waals surface area contributed by atoms with E-state index >= 15 is 0 Å². The van der Waals surface area contributed by atoms with Gasteiger partial charge in [0.1, 0.15) is 11.4 Å². The summed E-state index contributed by atoms with van der Waals surface area (Å²) in [5.74, 6) is -1.68. The highest BCUT2D eigenvalue weighted by molar-refractivity contribution is 5.98. The zero-order valence-corrected chi connectivity index (χ0v) is 12.5. The molecule has 1 aromatic carbocycles. The smallest absolute Gasteiger partial charge is 0.331 e. The zero-order chi connectivity index (χ0) is 15.5. The van der Waals surface area contributed by atoms with Gasteiger partial charge in [-0.25, -0.2) is 9.18 Å². The van der Waals surface area contributed by atoms with E-state index in [0.29, 0.717) is 0 Å². The molecule has 1 rings (SSSR count). The third-order valence-electron chi connectivity index (χ3n) is 3.27. The van der Waals surface area contributed by atoms with E-state index in [1.54, 1.807) is 33.8 Å². The second-order valence-corrected chi connectivity index (χ2v) is 5.13. The van der Waals surface area contributed by atoms with Gasteiger partial charge in [-0.1, -0.05) is 11.6 Å². The average Bonchev–Trinajstić information content (AvgIpc) is 2.40. The predicted molar refractivity (Wildman–Crippen MR) is 73.9 cm³/mol. The SMILES string of the molecule is CCOC(=O)C(C)(C)N(C)C(=O)c1cc(C)ccc1F. The van der Waals surface area contributed by atoms with Crippen molar-refractivity contribution in [3.63, 3.8) is 0 Å². The molecule has 0 saturated heterocycles. The maximum Gasteiger partial charge on any atom is 0.331 e. The molecule has 5 heteroatoms. The van der Waals surface area contributed by atoms with Gasteiger partial charge in [0.25, 0.3) is 5.91 Å². The van der Waals surface area contributed by atoms with Crippen molar-refractivity contribution in [1.82, 2.24) is 4.90 Å². The molecule has 20 heavy (non-hydrogen) atoms. The first-order valence-corrected chi connectivity index (χ1v) is 6.43. The van der Waals surface area contributed by atoms with Gasteiger partial charge in [0.2, 0.25) is 0 Å². The molecule has 0 aliphatic carbocycles. The van der Waals surface area contributed by atoms with Crippen LogP contribution in [-0.4, -0.2) is 36.0 Å². The third-order valence-corrected chi connectivity index (χ3v) is 3.27. The number of hydrogen-bond acceptors (Lipinski definition) is 3. The van der Waals surface area contributed by atoms with Gasteiger partial charge in [-0.15, -0.1) is 0 Å². The monoisotopic (exact) mass is 281 g/mol. The maximum atomic E-state index is 13.8. The summed E-state index contributed by atoms with van der Waals surface area (Å²) in [7, 11) is 1.46. The third kappa shape index (κ3) is 3.15. The lowest BCUT2D eigenvalue weighted by molar-refractivity contribution is -0.153. The first kappa shape index (κ1) is 16.1. The quantitative estimate of drug-likeness (QED) is 0.797. The number of rotatable bonds is 4. The second-order valence-electron chi connectivity index (χ2n) is 5.13. The van der Waals surface area contributed by atoms with Crippen molar-refractivity contribution in [2.45, 2.75) is 33.2 Å². The van der Waals surface area contributed by atoms with E-state index in [-0.39, 0.29) is 12.2 Å². The van der Waals surface area contributed by atoms with Crippen LogP contribution in [0.5, 0.6) is 0 Å². The summed E-state index contributed by atoms with van der Waals surface area (Å²) in [6.07, 6.45) is 0. The highest BCUT2D eigenvalue weighted by atomic mass is 19.1. The standard InChI is InChI=1S/C15H20FNO3/c1-6-20-14(19)15(3,4)17(5)13(18)11-9-10(2)7-8-12(11)16/h7-9H,6H2,1-5H3. The number of benzene rings is 1. The summed E-state index contributed by atoms with van der Waals surface area (Å²) in [5, 5.41) is 0. The minimum atomic E-state index is -1.16. The molecular formula is C15H20FNO3. The molecule has 0 radical (unpaired) electrons. The van der Waals surface area contributed by atoms with E-state index in [1.165, 1.54) is 24.1 Å². The van der Waals surface area contributed by atoms with Crippen molar-refractivity contribution in [2.75, 3.05) is 13.7 Å². The van der Waals surface area contributed by atoms with Crippen LogP contribution >= 0.6 is 0 Å². The van der Waals surface area contributed by atoms with Gasteiger partial charge in [-0.3, -0.25) is 4.79 Å². The molecule has 0 aromatic heterocycles. The molecule has 0 saturated carbocycles. The zero-order valence-electron chi connectivity index (χ0n) is 12.5. The van der Waals surface area contributed by atoms with Crippen LogP contribution in [-0.2, 0) is 9.53 Å².